The molecule has 1 aliphatic rings. The fourth-order valence-electron chi connectivity index (χ4n) is 2.90. The average molecular weight is 351 g/mol. The highest BCUT2D eigenvalue weighted by Crippen LogP contribution is 2.22. The first kappa shape index (κ1) is 18.2. The van der Waals surface area contributed by atoms with Crippen molar-refractivity contribution in [2.24, 2.45) is 0 Å². The highest BCUT2D eigenvalue weighted by atomic mass is 16.5. The Morgan fingerprint density at radius 2 is 1.77 bits per heavy atom. The van der Waals surface area contributed by atoms with Crippen molar-refractivity contribution in [2.45, 2.75) is 20.0 Å². The van der Waals surface area contributed by atoms with Crippen LogP contribution in [0.5, 0.6) is 5.75 Å². The number of morpholine rings is 1. The zero-order valence-corrected chi connectivity index (χ0v) is 15.4. The molecular formula is C22H25NO3. The molecule has 0 aliphatic carbocycles. The van der Waals surface area contributed by atoms with Gasteiger partial charge in [0.05, 0.1) is 19.3 Å². The summed E-state index contributed by atoms with van der Waals surface area (Å²) in [5.41, 5.74) is 2.71. The fraction of sp³-hybridized carbons (Fsp3) is 0.318. The lowest BCUT2D eigenvalue weighted by molar-refractivity contribution is 0.104. The van der Waals surface area contributed by atoms with Crippen molar-refractivity contribution in [2.75, 3.05) is 31.2 Å². The highest BCUT2D eigenvalue weighted by Gasteiger charge is 2.11. The summed E-state index contributed by atoms with van der Waals surface area (Å²) in [5, 5.41) is 0. The van der Waals surface area contributed by atoms with E-state index in [0.29, 0.717) is 5.56 Å². The third kappa shape index (κ3) is 4.73. The van der Waals surface area contributed by atoms with Gasteiger partial charge in [-0.2, -0.15) is 0 Å². The monoisotopic (exact) mass is 351 g/mol. The lowest BCUT2D eigenvalue weighted by atomic mass is 10.1. The van der Waals surface area contributed by atoms with Gasteiger partial charge < -0.3 is 14.4 Å². The maximum absolute atomic E-state index is 12.5. The van der Waals surface area contributed by atoms with Crippen LogP contribution in [0.3, 0.4) is 0 Å². The van der Waals surface area contributed by atoms with E-state index in [1.807, 2.05) is 68.5 Å². The summed E-state index contributed by atoms with van der Waals surface area (Å²) in [5.74, 6) is 0.770. The first-order chi connectivity index (χ1) is 12.6. The van der Waals surface area contributed by atoms with E-state index in [1.54, 1.807) is 6.08 Å². The molecule has 4 nitrogen and oxygen atoms in total. The molecule has 1 aliphatic heterocycles. The van der Waals surface area contributed by atoms with E-state index >= 15 is 0 Å². The van der Waals surface area contributed by atoms with Crippen molar-refractivity contribution in [1.82, 2.24) is 0 Å². The molecule has 26 heavy (non-hydrogen) atoms. The Labute approximate surface area is 155 Å². The zero-order valence-electron chi connectivity index (χ0n) is 15.4. The van der Waals surface area contributed by atoms with Gasteiger partial charge in [-0.15, -0.1) is 0 Å². The molecule has 2 aromatic rings. The minimum atomic E-state index is -0.0159. The largest absolute Gasteiger partial charge is 0.490 e. The molecule has 0 N–H and O–H groups in total. The van der Waals surface area contributed by atoms with E-state index in [0.717, 1.165) is 43.3 Å². The molecular weight excluding hydrogens is 326 g/mol. The number of nitrogens with zero attached hydrogens (tertiary/aromatic N) is 1. The van der Waals surface area contributed by atoms with Crippen LogP contribution in [-0.2, 0) is 4.74 Å². The van der Waals surface area contributed by atoms with Crippen LogP contribution in [0.1, 0.15) is 29.8 Å². The summed E-state index contributed by atoms with van der Waals surface area (Å²) in [6, 6.07) is 15.5. The quantitative estimate of drug-likeness (QED) is 0.577. The number of rotatable bonds is 6. The molecule has 3 rings (SSSR count). The van der Waals surface area contributed by atoms with Gasteiger partial charge in [-0.3, -0.25) is 4.79 Å². The van der Waals surface area contributed by atoms with Gasteiger partial charge in [0.25, 0.3) is 0 Å². The maximum Gasteiger partial charge on any atom is 0.185 e. The first-order valence-electron chi connectivity index (χ1n) is 9.04. The molecule has 0 aromatic heterocycles. The maximum atomic E-state index is 12.5. The molecule has 2 aromatic carbocycles. The molecule has 1 fully saturated rings. The summed E-state index contributed by atoms with van der Waals surface area (Å²) < 4.78 is 11.2. The second kappa shape index (κ2) is 8.68. The number of carbonyl (C=O) groups is 1. The number of ether oxygens (including phenoxy) is 2. The van der Waals surface area contributed by atoms with Crippen LogP contribution in [0.4, 0.5) is 5.69 Å². The molecule has 0 atom stereocenters. The molecule has 4 heteroatoms. The lowest BCUT2D eigenvalue weighted by Crippen LogP contribution is -2.36. The van der Waals surface area contributed by atoms with Crippen LogP contribution in [0.15, 0.2) is 54.6 Å². The second-order valence-corrected chi connectivity index (χ2v) is 6.55. The summed E-state index contributed by atoms with van der Waals surface area (Å²) in [7, 11) is 0. The third-order valence-corrected chi connectivity index (χ3v) is 4.22. The minimum absolute atomic E-state index is 0.0159. The Hall–Kier alpha value is -2.59. The molecule has 0 saturated carbocycles. The molecule has 1 saturated heterocycles. The molecule has 0 radical (unpaired) electrons. The van der Waals surface area contributed by atoms with Gasteiger partial charge in [0.1, 0.15) is 5.75 Å². The number of hydrogen-bond donors (Lipinski definition) is 0. The van der Waals surface area contributed by atoms with Gasteiger partial charge in [0, 0.05) is 29.9 Å². The fourth-order valence-corrected chi connectivity index (χ4v) is 2.90. The Kier molecular flexibility index (Phi) is 6.08. The number of benzene rings is 2. The Bertz CT molecular complexity index is 759. The van der Waals surface area contributed by atoms with E-state index in [1.165, 1.54) is 0 Å². The van der Waals surface area contributed by atoms with Gasteiger partial charge in [-0.25, -0.2) is 0 Å². The predicted molar refractivity (Wildman–Crippen MR) is 105 cm³/mol. The summed E-state index contributed by atoms with van der Waals surface area (Å²) in [6.07, 6.45) is 3.51. The van der Waals surface area contributed by atoms with Crippen molar-refractivity contribution in [3.63, 3.8) is 0 Å². The SMILES string of the molecule is CC(C)Oc1ccccc1C=CC(=O)c1ccc(N2CCOCC2)cc1. The molecule has 0 unspecified atom stereocenters. The standard InChI is InChI=1S/C22H25NO3/c1-17(2)26-22-6-4-3-5-19(22)9-12-21(24)18-7-10-20(11-8-18)23-13-15-25-16-14-23/h3-12,17H,13-16H2,1-2H3. The predicted octanol–water partition coefficient (Wildman–Crippen LogP) is 4.21. The Balaban J connectivity index is 1.69. The number of carbonyl (C=O) groups excluding carboxylic acids is 1. The van der Waals surface area contributed by atoms with E-state index in [9.17, 15) is 4.79 Å². The third-order valence-electron chi connectivity index (χ3n) is 4.22. The smallest absolute Gasteiger partial charge is 0.185 e. The van der Waals surface area contributed by atoms with Crippen LogP contribution in [-0.4, -0.2) is 38.2 Å². The summed E-state index contributed by atoms with van der Waals surface area (Å²) >= 11 is 0. The number of para-hydroxylation sites is 1. The Morgan fingerprint density at radius 3 is 2.46 bits per heavy atom. The first-order valence-corrected chi connectivity index (χ1v) is 9.04. The van der Waals surface area contributed by atoms with E-state index in [4.69, 9.17) is 9.47 Å². The van der Waals surface area contributed by atoms with Gasteiger partial charge in [-0.1, -0.05) is 18.2 Å². The number of hydrogen-bond acceptors (Lipinski definition) is 4. The van der Waals surface area contributed by atoms with Crippen LogP contribution < -0.4 is 9.64 Å². The average Bonchev–Trinajstić information content (AvgIpc) is 2.67. The van der Waals surface area contributed by atoms with Crippen molar-refractivity contribution < 1.29 is 14.3 Å². The van der Waals surface area contributed by atoms with E-state index < -0.39 is 0 Å². The molecule has 1 heterocycles. The van der Waals surface area contributed by atoms with Crippen molar-refractivity contribution in [1.29, 1.82) is 0 Å². The Morgan fingerprint density at radius 1 is 1.08 bits per heavy atom. The van der Waals surface area contributed by atoms with Crippen molar-refractivity contribution in [3.05, 3.63) is 65.7 Å². The number of allylic oxidation sites excluding steroid dienone is 1. The van der Waals surface area contributed by atoms with Crippen molar-refractivity contribution in [3.8, 4) is 5.75 Å². The second-order valence-electron chi connectivity index (χ2n) is 6.55. The van der Waals surface area contributed by atoms with Gasteiger partial charge >= 0.3 is 0 Å². The van der Waals surface area contributed by atoms with Crippen molar-refractivity contribution >= 4 is 17.5 Å². The molecule has 136 valence electrons. The normalized spacial score (nSPS) is 14.8. The van der Waals surface area contributed by atoms with Crippen LogP contribution >= 0.6 is 0 Å². The molecule has 0 amide bonds. The van der Waals surface area contributed by atoms with Gasteiger partial charge in [-0.05, 0) is 56.3 Å². The zero-order chi connectivity index (χ0) is 18.4. The number of ketones is 1. The summed E-state index contributed by atoms with van der Waals surface area (Å²) in [4.78, 5) is 14.7. The minimum Gasteiger partial charge on any atom is -0.490 e. The number of anilines is 1. The molecule has 0 bridgehead atoms. The highest BCUT2D eigenvalue weighted by molar-refractivity contribution is 6.07. The molecule has 0 spiro atoms. The van der Waals surface area contributed by atoms with E-state index in [-0.39, 0.29) is 11.9 Å². The van der Waals surface area contributed by atoms with Crippen LogP contribution in [0.2, 0.25) is 0 Å². The topological polar surface area (TPSA) is 38.8 Å². The van der Waals surface area contributed by atoms with Crippen LogP contribution in [0.25, 0.3) is 6.08 Å². The lowest BCUT2D eigenvalue weighted by Gasteiger charge is -2.28. The van der Waals surface area contributed by atoms with Gasteiger partial charge in [0.15, 0.2) is 5.78 Å². The van der Waals surface area contributed by atoms with Gasteiger partial charge in [0.2, 0.25) is 0 Å². The van der Waals surface area contributed by atoms with Crippen LogP contribution in [0, 0.1) is 0 Å². The van der Waals surface area contributed by atoms with E-state index in [2.05, 4.69) is 4.90 Å². The summed E-state index contributed by atoms with van der Waals surface area (Å²) in [6.45, 7) is 7.26.